The van der Waals surface area contributed by atoms with Crippen molar-refractivity contribution >= 4 is 23.6 Å². The molecule has 0 aliphatic rings. The molecule has 1 N–H and O–H groups in total. The van der Waals surface area contributed by atoms with Crippen molar-refractivity contribution in [3.8, 4) is 17.3 Å². The van der Waals surface area contributed by atoms with E-state index in [4.69, 9.17) is 21.6 Å². The summed E-state index contributed by atoms with van der Waals surface area (Å²) in [5.41, 5.74) is 2.10. The number of nitrogens with zero attached hydrogens (tertiary/aromatic N) is 2. The third-order valence-corrected chi connectivity index (χ3v) is 2.97. The van der Waals surface area contributed by atoms with Gasteiger partial charge < -0.3 is 4.74 Å². The van der Waals surface area contributed by atoms with Gasteiger partial charge >= 0.3 is 5.97 Å². The number of rotatable bonds is 4. The number of carbonyl (C=O) groups is 1. The van der Waals surface area contributed by atoms with E-state index in [0.29, 0.717) is 16.3 Å². The molecule has 2 aromatic rings. The van der Waals surface area contributed by atoms with Crippen molar-refractivity contribution in [2.75, 3.05) is 6.61 Å². The number of nitriles is 1. The van der Waals surface area contributed by atoms with Crippen LogP contribution in [0.4, 0.5) is 0 Å². The number of esters is 1. The zero-order valence-electron chi connectivity index (χ0n) is 11.3. The molecule has 0 fully saturated rings. The summed E-state index contributed by atoms with van der Waals surface area (Å²) in [6, 6.07) is 8.99. The highest BCUT2D eigenvalue weighted by Crippen LogP contribution is 2.24. The van der Waals surface area contributed by atoms with Crippen LogP contribution in [-0.4, -0.2) is 22.8 Å². The van der Waals surface area contributed by atoms with E-state index in [1.807, 2.05) is 18.2 Å². The number of aromatic amines is 1. The molecule has 106 valence electrons. The summed E-state index contributed by atoms with van der Waals surface area (Å²) >= 11 is 5.85. The third-order valence-electron chi connectivity index (χ3n) is 2.72. The van der Waals surface area contributed by atoms with Crippen molar-refractivity contribution in [2.45, 2.75) is 6.92 Å². The van der Waals surface area contributed by atoms with Crippen LogP contribution in [0.1, 0.15) is 12.5 Å². The van der Waals surface area contributed by atoms with E-state index in [-0.39, 0.29) is 12.2 Å². The average molecular weight is 302 g/mol. The van der Waals surface area contributed by atoms with Gasteiger partial charge in [0.2, 0.25) is 0 Å². The molecule has 0 saturated carbocycles. The standard InChI is InChI=1S/C15H12ClN3O2/c1-2-21-15(20)11(8-17)7-12-9-18-19-14(12)10-3-5-13(16)6-4-10/h3-7,9H,2H2,1H3,(H,18,19)/b11-7+. The van der Waals surface area contributed by atoms with Crippen molar-refractivity contribution in [2.24, 2.45) is 0 Å². The maximum atomic E-state index is 11.6. The number of aromatic nitrogens is 2. The van der Waals surface area contributed by atoms with Crippen LogP contribution in [-0.2, 0) is 9.53 Å². The van der Waals surface area contributed by atoms with Crippen LogP contribution in [0.25, 0.3) is 17.3 Å². The molecule has 0 radical (unpaired) electrons. The topological polar surface area (TPSA) is 78.8 Å². The SMILES string of the molecule is CCOC(=O)/C(C#N)=C/c1cn[nH]c1-c1ccc(Cl)cc1. The maximum absolute atomic E-state index is 11.6. The lowest BCUT2D eigenvalue weighted by Crippen LogP contribution is -2.06. The number of halogens is 1. The number of hydrogen-bond donors (Lipinski definition) is 1. The van der Waals surface area contributed by atoms with Gasteiger partial charge in [0, 0.05) is 16.1 Å². The van der Waals surface area contributed by atoms with Crippen molar-refractivity contribution in [1.82, 2.24) is 10.2 Å². The van der Waals surface area contributed by atoms with E-state index in [9.17, 15) is 4.79 Å². The van der Waals surface area contributed by atoms with E-state index in [2.05, 4.69) is 10.2 Å². The third kappa shape index (κ3) is 3.50. The number of ether oxygens (including phenoxy) is 1. The highest BCUT2D eigenvalue weighted by molar-refractivity contribution is 6.30. The van der Waals surface area contributed by atoms with Gasteiger partial charge in [0.05, 0.1) is 18.5 Å². The number of benzene rings is 1. The summed E-state index contributed by atoms with van der Waals surface area (Å²) in [7, 11) is 0. The van der Waals surface area contributed by atoms with Gasteiger partial charge in [-0.15, -0.1) is 0 Å². The molecule has 0 saturated heterocycles. The average Bonchev–Trinajstić information content (AvgIpc) is 2.94. The van der Waals surface area contributed by atoms with Crippen LogP contribution in [0.2, 0.25) is 5.02 Å². The molecule has 6 heteroatoms. The number of carbonyl (C=O) groups excluding carboxylic acids is 1. The van der Waals surface area contributed by atoms with Crippen molar-refractivity contribution in [3.63, 3.8) is 0 Å². The molecule has 21 heavy (non-hydrogen) atoms. The van der Waals surface area contributed by atoms with E-state index in [0.717, 1.165) is 5.56 Å². The van der Waals surface area contributed by atoms with E-state index in [1.165, 1.54) is 6.08 Å². The van der Waals surface area contributed by atoms with Crippen LogP contribution in [0.5, 0.6) is 0 Å². The lowest BCUT2D eigenvalue weighted by molar-refractivity contribution is -0.137. The lowest BCUT2D eigenvalue weighted by Gasteiger charge is -2.02. The van der Waals surface area contributed by atoms with Gasteiger partial charge in [-0.05, 0) is 25.1 Å². The molecule has 0 bridgehead atoms. The Morgan fingerprint density at radius 2 is 2.19 bits per heavy atom. The molecule has 1 heterocycles. The molecular formula is C15H12ClN3O2. The van der Waals surface area contributed by atoms with Crippen LogP contribution in [0.15, 0.2) is 36.0 Å². The molecule has 0 spiro atoms. The largest absolute Gasteiger partial charge is 0.462 e. The van der Waals surface area contributed by atoms with Crippen LogP contribution in [0, 0.1) is 11.3 Å². The molecule has 0 unspecified atom stereocenters. The Bertz CT molecular complexity index is 711. The predicted octanol–water partition coefficient (Wildman–Crippen LogP) is 3.20. The molecule has 1 aromatic heterocycles. The zero-order chi connectivity index (χ0) is 15.2. The van der Waals surface area contributed by atoms with E-state index >= 15 is 0 Å². The minimum absolute atomic E-state index is 0.0755. The van der Waals surface area contributed by atoms with E-state index in [1.54, 1.807) is 25.3 Å². The van der Waals surface area contributed by atoms with Gasteiger partial charge in [-0.2, -0.15) is 10.4 Å². The molecule has 0 aliphatic heterocycles. The fourth-order valence-electron chi connectivity index (χ4n) is 1.75. The molecule has 1 aromatic carbocycles. The van der Waals surface area contributed by atoms with Gasteiger partial charge in [-0.1, -0.05) is 23.7 Å². The molecule has 2 rings (SSSR count). The first-order chi connectivity index (χ1) is 10.2. The first kappa shape index (κ1) is 14.8. The molecular weight excluding hydrogens is 290 g/mol. The fourth-order valence-corrected chi connectivity index (χ4v) is 1.88. The van der Waals surface area contributed by atoms with Gasteiger partial charge in [0.15, 0.2) is 0 Å². The minimum Gasteiger partial charge on any atom is -0.462 e. The number of nitrogens with one attached hydrogen (secondary N) is 1. The van der Waals surface area contributed by atoms with Crippen LogP contribution < -0.4 is 0 Å². The second kappa shape index (κ2) is 6.73. The van der Waals surface area contributed by atoms with E-state index < -0.39 is 5.97 Å². The molecule has 0 atom stereocenters. The Morgan fingerprint density at radius 1 is 1.48 bits per heavy atom. The zero-order valence-corrected chi connectivity index (χ0v) is 12.0. The van der Waals surface area contributed by atoms with Gasteiger partial charge in [0.25, 0.3) is 0 Å². The summed E-state index contributed by atoms with van der Waals surface area (Å²) in [5.74, 6) is -0.650. The highest BCUT2D eigenvalue weighted by atomic mass is 35.5. The summed E-state index contributed by atoms with van der Waals surface area (Å²) in [6.45, 7) is 1.90. The Labute approximate surface area is 126 Å². The fraction of sp³-hybridized carbons (Fsp3) is 0.133. The summed E-state index contributed by atoms with van der Waals surface area (Å²) in [5, 5.41) is 16.5. The summed E-state index contributed by atoms with van der Waals surface area (Å²) < 4.78 is 4.83. The summed E-state index contributed by atoms with van der Waals surface area (Å²) in [6.07, 6.45) is 2.99. The predicted molar refractivity (Wildman–Crippen MR) is 79.3 cm³/mol. The van der Waals surface area contributed by atoms with Crippen LogP contribution >= 0.6 is 11.6 Å². The molecule has 0 amide bonds. The van der Waals surface area contributed by atoms with Crippen molar-refractivity contribution < 1.29 is 9.53 Å². The quantitative estimate of drug-likeness (QED) is 0.534. The smallest absolute Gasteiger partial charge is 0.348 e. The van der Waals surface area contributed by atoms with Crippen LogP contribution in [0.3, 0.4) is 0 Å². The Balaban J connectivity index is 2.38. The Kier molecular flexibility index (Phi) is 4.75. The Morgan fingerprint density at radius 3 is 2.81 bits per heavy atom. The monoisotopic (exact) mass is 301 g/mol. The minimum atomic E-state index is -0.650. The van der Waals surface area contributed by atoms with Gasteiger partial charge in [-0.25, -0.2) is 4.79 Å². The van der Waals surface area contributed by atoms with Gasteiger partial charge in [0.1, 0.15) is 11.6 Å². The first-order valence-corrected chi connectivity index (χ1v) is 6.61. The molecule has 0 aliphatic carbocycles. The lowest BCUT2D eigenvalue weighted by atomic mass is 10.1. The van der Waals surface area contributed by atoms with Crippen molar-refractivity contribution in [1.29, 1.82) is 5.26 Å². The molecule has 5 nitrogen and oxygen atoms in total. The first-order valence-electron chi connectivity index (χ1n) is 6.24. The second-order valence-corrected chi connectivity index (χ2v) is 4.53. The maximum Gasteiger partial charge on any atom is 0.348 e. The highest BCUT2D eigenvalue weighted by Gasteiger charge is 2.13. The number of hydrogen-bond acceptors (Lipinski definition) is 4. The summed E-state index contributed by atoms with van der Waals surface area (Å²) in [4.78, 5) is 11.6. The number of H-pyrrole nitrogens is 1. The van der Waals surface area contributed by atoms with Crippen molar-refractivity contribution in [3.05, 3.63) is 46.6 Å². The second-order valence-electron chi connectivity index (χ2n) is 4.10. The van der Waals surface area contributed by atoms with Gasteiger partial charge in [-0.3, -0.25) is 5.10 Å². The normalized spacial score (nSPS) is 11.0. The Hall–Kier alpha value is -2.58.